The van der Waals surface area contributed by atoms with Gasteiger partial charge >= 0.3 is 5.97 Å². The highest BCUT2D eigenvalue weighted by atomic mass is 16.5. The van der Waals surface area contributed by atoms with Crippen LogP contribution in [0, 0.1) is 0 Å². The molecule has 0 spiro atoms. The number of carbonyl (C=O) groups is 1. The van der Waals surface area contributed by atoms with Crippen LogP contribution < -0.4 is 0 Å². The Morgan fingerprint density at radius 2 is 2.20 bits per heavy atom. The number of hydrogen-bond acceptors (Lipinski definition) is 4. The van der Waals surface area contributed by atoms with E-state index < -0.39 is 5.41 Å². The summed E-state index contributed by atoms with van der Waals surface area (Å²) in [5, 5.41) is 0. The summed E-state index contributed by atoms with van der Waals surface area (Å²) < 4.78 is 5.32. The van der Waals surface area contributed by atoms with Gasteiger partial charge in [0, 0.05) is 6.20 Å². The summed E-state index contributed by atoms with van der Waals surface area (Å²) in [4.78, 5) is 24.5. The van der Waals surface area contributed by atoms with Gasteiger partial charge in [-0.05, 0) is 31.9 Å². The van der Waals surface area contributed by atoms with Gasteiger partial charge in [-0.1, -0.05) is 19.3 Å². The maximum Gasteiger partial charge on any atom is 0.319 e. The van der Waals surface area contributed by atoms with Gasteiger partial charge < -0.3 is 9.72 Å². The van der Waals surface area contributed by atoms with Crippen LogP contribution in [-0.2, 0) is 14.9 Å². The molecule has 1 N–H and O–H groups in total. The van der Waals surface area contributed by atoms with E-state index in [1.807, 2.05) is 19.1 Å². The van der Waals surface area contributed by atoms with Gasteiger partial charge in [0.1, 0.15) is 11.2 Å². The van der Waals surface area contributed by atoms with Crippen LogP contribution in [0.5, 0.6) is 0 Å². The van der Waals surface area contributed by atoms with Crippen LogP contribution in [0.1, 0.15) is 44.9 Å². The van der Waals surface area contributed by atoms with Crippen LogP contribution in [-0.4, -0.2) is 27.5 Å². The van der Waals surface area contributed by atoms with Crippen LogP contribution in [0.15, 0.2) is 18.3 Å². The molecular weight excluding hydrogens is 254 g/mol. The van der Waals surface area contributed by atoms with Gasteiger partial charge in [0.05, 0.1) is 12.1 Å². The fraction of sp³-hybridized carbons (Fsp3) is 0.533. The van der Waals surface area contributed by atoms with Crippen molar-refractivity contribution in [3.8, 4) is 0 Å². The zero-order valence-electron chi connectivity index (χ0n) is 11.7. The van der Waals surface area contributed by atoms with Crippen LogP contribution in [0.3, 0.4) is 0 Å². The van der Waals surface area contributed by atoms with Crippen LogP contribution >= 0.6 is 0 Å². The summed E-state index contributed by atoms with van der Waals surface area (Å²) in [6, 6.07) is 3.79. The Bertz CT molecular complexity index is 581. The van der Waals surface area contributed by atoms with Crippen molar-refractivity contribution in [3.63, 3.8) is 0 Å². The van der Waals surface area contributed by atoms with E-state index >= 15 is 0 Å². The van der Waals surface area contributed by atoms with Crippen molar-refractivity contribution in [1.82, 2.24) is 15.0 Å². The number of ether oxygens (including phenoxy) is 1. The van der Waals surface area contributed by atoms with E-state index in [1.165, 1.54) is 6.42 Å². The molecule has 0 bridgehead atoms. The summed E-state index contributed by atoms with van der Waals surface area (Å²) in [6.45, 7) is 2.24. The van der Waals surface area contributed by atoms with Gasteiger partial charge in [-0.3, -0.25) is 4.79 Å². The highest BCUT2D eigenvalue weighted by Gasteiger charge is 2.45. The lowest BCUT2D eigenvalue weighted by atomic mass is 9.73. The minimum absolute atomic E-state index is 0.154. The van der Waals surface area contributed by atoms with E-state index in [2.05, 4.69) is 15.0 Å². The van der Waals surface area contributed by atoms with E-state index in [9.17, 15) is 4.79 Å². The number of hydrogen-bond donors (Lipinski definition) is 1. The van der Waals surface area contributed by atoms with Crippen molar-refractivity contribution >= 4 is 17.1 Å². The molecule has 0 aliphatic heterocycles. The molecule has 0 radical (unpaired) electrons. The fourth-order valence-corrected chi connectivity index (χ4v) is 3.03. The Morgan fingerprint density at radius 3 is 2.90 bits per heavy atom. The molecule has 3 rings (SSSR count). The predicted octanol–water partition coefficient (Wildman–Crippen LogP) is 2.72. The Hall–Kier alpha value is -1.91. The first-order valence-corrected chi connectivity index (χ1v) is 7.25. The molecule has 106 valence electrons. The summed E-state index contributed by atoms with van der Waals surface area (Å²) in [6.07, 6.45) is 6.54. The van der Waals surface area contributed by atoms with Crippen molar-refractivity contribution in [1.29, 1.82) is 0 Å². The number of pyridine rings is 1. The van der Waals surface area contributed by atoms with Gasteiger partial charge in [0.2, 0.25) is 0 Å². The van der Waals surface area contributed by atoms with Crippen molar-refractivity contribution in [2.45, 2.75) is 44.4 Å². The van der Waals surface area contributed by atoms with Crippen LogP contribution in [0.4, 0.5) is 0 Å². The number of rotatable bonds is 3. The SMILES string of the molecule is CCOC(=O)C1(c2nc3ncccc3[nH]2)CCCCC1. The molecule has 0 amide bonds. The van der Waals surface area contributed by atoms with Gasteiger partial charge in [0.25, 0.3) is 0 Å². The molecule has 0 unspecified atom stereocenters. The fourth-order valence-electron chi connectivity index (χ4n) is 3.03. The Labute approximate surface area is 117 Å². The molecule has 5 nitrogen and oxygen atoms in total. The van der Waals surface area contributed by atoms with E-state index in [0.29, 0.717) is 18.1 Å². The van der Waals surface area contributed by atoms with Crippen molar-refractivity contribution in [2.24, 2.45) is 0 Å². The smallest absolute Gasteiger partial charge is 0.319 e. The maximum atomic E-state index is 12.5. The summed E-state index contributed by atoms with van der Waals surface area (Å²) in [7, 11) is 0. The zero-order valence-corrected chi connectivity index (χ0v) is 11.7. The Morgan fingerprint density at radius 1 is 1.40 bits per heavy atom. The van der Waals surface area contributed by atoms with Gasteiger partial charge in [-0.2, -0.15) is 0 Å². The molecule has 2 aromatic rings. The first kappa shape index (κ1) is 13.1. The molecule has 1 fully saturated rings. The molecule has 1 saturated carbocycles. The van der Waals surface area contributed by atoms with Gasteiger partial charge in [-0.25, -0.2) is 9.97 Å². The molecule has 0 aromatic carbocycles. The van der Waals surface area contributed by atoms with E-state index in [1.54, 1.807) is 6.20 Å². The highest BCUT2D eigenvalue weighted by molar-refractivity contribution is 5.83. The molecule has 2 aromatic heterocycles. The number of H-pyrrole nitrogens is 1. The number of aromatic nitrogens is 3. The number of fused-ring (bicyclic) bond motifs is 1. The normalized spacial score (nSPS) is 18.1. The van der Waals surface area contributed by atoms with Crippen LogP contribution in [0.25, 0.3) is 11.2 Å². The average Bonchev–Trinajstić information content (AvgIpc) is 2.92. The van der Waals surface area contributed by atoms with Crippen LogP contribution in [0.2, 0.25) is 0 Å². The number of nitrogens with one attached hydrogen (secondary N) is 1. The van der Waals surface area contributed by atoms with Gasteiger partial charge in [-0.15, -0.1) is 0 Å². The molecule has 2 heterocycles. The summed E-state index contributed by atoms with van der Waals surface area (Å²) in [5.74, 6) is 0.558. The number of carbonyl (C=O) groups excluding carboxylic acids is 1. The van der Waals surface area contributed by atoms with Crippen molar-refractivity contribution < 1.29 is 9.53 Å². The molecule has 1 aliphatic rings. The number of esters is 1. The standard InChI is InChI=1S/C15H19N3O2/c1-2-20-14(19)15(8-4-3-5-9-15)13-17-11-7-6-10-16-12(11)18-13/h6-7,10H,2-5,8-9H2,1H3,(H,16,17,18). The molecule has 20 heavy (non-hydrogen) atoms. The topological polar surface area (TPSA) is 67.9 Å². The quantitative estimate of drug-likeness (QED) is 0.873. The number of imidazole rings is 1. The second kappa shape index (κ2) is 5.23. The lowest BCUT2D eigenvalue weighted by molar-refractivity contribution is -0.152. The monoisotopic (exact) mass is 273 g/mol. The minimum atomic E-state index is -0.616. The Balaban J connectivity index is 2.06. The molecule has 0 atom stereocenters. The first-order valence-electron chi connectivity index (χ1n) is 7.25. The molecular formula is C15H19N3O2. The lowest BCUT2D eigenvalue weighted by Gasteiger charge is -2.32. The first-order chi connectivity index (χ1) is 9.76. The van der Waals surface area contributed by atoms with Crippen molar-refractivity contribution in [2.75, 3.05) is 6.61 Å². The third-order valence-electron chi connectivity index (χ3n) is 4.08. The van der Waals surface area contributed by atoms with E-state index in [4.69, 9.17) is 4.74 Å². The molecule has 5 heteroatoms. The van der Waals surface area contributed by atoms with Gasteiger partial charge in [0.15, 0.2) is 5.65 Å². The Kier molecular flexibility index (Phi) is 3.42. The highest BCUT2D eigenvalue weighted by Crippen LogP contribution is 2.39. The summed E-state index contributed by atoms with van der Waals surface area (Å²) >= 11 is 0. The number of nitrogens with zero attached hydrogens (tertiary/aromatic N) is 2. The molecule has 0 saturated heterocycles. The maximum absolute atomic E-state index is 12.5. The van der Waals surface area contributed by atoms with E-state index in [0.717, 1.165) is 31.2 Å². The lowest BCUT2D eigenvalue weighted by Crippen LogP contribution is -2.40. The second-order valence-electron chi connectivity index (χ2n) is 5.32. The number of aromatic amines is 1. The molecule has 1 aliphatic carbocycles. The zero-order chi connectivity index (χ0) is 14.0. The largest absolute Gasteiger partial charge is 0.465 e. The summed E-state index contributed by atoms with van der Waals surface area (Å²) in [5.41, 5.74) is 0.920. The van der Waals surface area contributed by atoms with E-state index in [-0.39, 0.29) is 5.97 Å². The predicted molar refractivity (Wildman–Crippen MR) is 75.3 cm³/mol. The average molecular weight is 273 g/mol. The van der Waals surface area contributed by atoms with Crippen molar-refractivity contribution in [3.05, 3.63) is 24.2 Å². The third kappa shape index (κ3) is 2.07. The minimum Gasteiger partial charge on any atom is -0.465 e. The third-order valence-corrected chi connectivity index (χ3v) is 4.08. The second-order valence-corrected chi connectivity index (χ2v) is 5.32.